The highest BCUT2D eigenvalue weighted by molar-refractivity contribution is 7.98. The molecule has 0 radical (unpaired) electrons. The molecule has 0 unspecified atom stereocenters. The molecule has 84 valence electrons. The minimum absolute atomic E-state index is 0.675. The topological polar surface area (TPSA) is 66.8 Å². The van der Waals surface area contributed by atoms with E-state index in [4.69, 9.17) is 9.79 Å². The predicted octanol–water partition coefficient (Wildman–Crippen LogP) is 2.83. The van der Waals surface area contributed by atoms with Crippen molar-refractivity contribution in [1.29, 1.82) is 0 Å². The van der Waals surface area contributed by atoms with Crippen LogP contribution in [-0.4, -0.2) is 16.0 Å². The molecule has 0 heterocycles. The molecule has 4 nitrogen and oxygen atoms in total. The highest BCUT2D eigenvalue weighted by Gasteiger charge is 2.15. The smallest absolute Gasteiger partial charge is 0.302 e. The summed E-state index contributed by atoms with van der Waals surface area (Å²) in [5.74, 6) is 0. The van der Waals surface area contributed by atoms with E-state index in [0.29, 0.717) is 16.9 Å². The fourth-order valence-corrected chi connectivity index (χ4v) is 2.66. The Morgan fingerprint density at radius 2 is 2.07 bits per heavy atom. The Morgan fingerprint density at radius 3 is 2.53 bits per heavy atom. The van der Waals surface area contributed by atoms with Gasteiger partial charge < -0.3 is 9.79 Å². The first-order valence-electron chi connectivity index (χ1n) is 3.99. The number of phosphoric acid groups is 1. The minimum Gasteiger partial charge on any atom is -0.302 e. The van der Waals surface area contributed by atoms with Gasteiger partial charge in [-0.1, -0.05) is 0 Å². The van der Waals surface area contributed by atoms with E-state index in [1.807, 2.05) is 25.3 Å². The van der Waals surface area contributed by atoms with E-state index in [0.717, 1.165) is 10.5 Å². The van der Waals surface area contributed by atoms with Crippen molar-refractivity contribution >= 4 is 31.6 Å². The summed E-state index contributed by atoms with van der Waals surface area (Å²) in [5, 5.41) is 0. The first-order valence-corrected chi connectivity index (χ1v) is 7.48. The quantitative estimate of drug-likeness (QED) is 0.496. The van der Waals surface area contributed by atoms with E-state index in [1.165, 1.54) is 0 Å². The van der Waals surface area contributed by atoms with Gasteiger partial charge in [0, 0.05) is 21.8 Å². The Morgan fingerprint density at radius 1 is 1.40 bits per heavy atom. The van der Waals surface area contributed by atoms with Gasteiger partial charge in [-0.2, -0.15) is 0 Å². The maximum atomic E-state index is 10.5. The standard InChI is InChI=1S/C8H11O4PS2/c1-6-5-7(3-4-8(6)14-2)15-12-13(9,10)11/h3-5H,1-2H3,(H2,9,10,11). The molecule has 0 saturated carbocycles. The van der Waals surface area contributed by atoms with Crippen molar-refractivity contribution < 1.29 is 18.3 Å². The average molecular weight is 266 g/mol. The number of hydrogen-bond acceptors (Lipinski definition) is 4. The van der Waals surface area contributed by atoms with E-state index in [-0.39, 0.29) is 0 Å². The van der Waals surface area contributed by atoms with Crippen LogP contribution in [0.25, 0.3) is 0 Å². The Balaban J connectivity index is 2.72. The summed E-state index contributed by atoms with van der Waals surface area (Å²) in [7, 11) is -4.41. The third-order valence-corrected chi connectivity index (χ3v) is 4.02. The third-order valence-electron chi connectivity index (χ3n) is 1.60. The highest BCUT2D eigenvalue weighted by atomic mass is 32.2. The lowest BCUT2D eigenvalue weighted by Crippen LogP contribution is -1.82. The van der Waals surface area contributed by atoms with E-state index < -0.39 is 7.82 Å². The molecular formula is C8H11O4PS2. The summed E-state index contributed by atoms with van der Waals surface area (Å²) < 4.78 is 14.8. The Hall–Kier alpha value is 0.0300. The van der Waals surface area contributed by atoms with Crippen LogP contribution in [0.2, 0.25) is 0 Å². The Bertz CT molecular complexity index is 390. The van der Waals surface area contributed by atoms with Gasteiger partial charge in [-0.25, -0.2) is 8.54 Å². The van der Waals surface area contributed by atoms with Crippen LogP contribution in [0.5, 0.6) is 0 Å². The van der Waals surface area contributed by atoms with Gasteiger partial charge >= 0.3 is 7.82 Å². The first-order chi connectivity index (χ1) is 6.92. The van der Waals surface area contributed by atoms with Crippen molar-refractivity contribution in [2.75, 3.05) is 6.26 Å². The largest absolute Gasteiger partial charge is 0.481 e. The molecule has 0 fully saturated rings. The van der Waals surface area contributed by atoms with E-state index in [9.17, 15) is 4.57 Å². The third kappa shape index (κ3) is 4.59. The summed E-state index contributed by atoms with van der Waals surface area (Å²) in [5.41, 5.74) is 1.06. The molecule has 0 aliphatic rings. The second kappa shape index (κ2) is 5.39. The van der Waals surface area contributed by atoms with Crippen LogP contribution in [0, 0.1) is 6.92 Å². The molecule has 0 aromatic heterocycles. The SMILES string of the molecule is CSc1ccc(SOP(=O)(O)O)cc1C. The van der Waals surface area contributed by atoms with Crippen LogP contribution in [0.15, 0.2) is 28.0 Å². The molecular weight excluding hydrogens is 255 g/mol. The lowest BCUT2D eigenvalue weighted by atomic mass is 10.2. The fraction of sp³-hybridized carbons (Fsp3) is 0.250. The maximum Gasteiger partial charge on any atom is 0.481 e. The molecule has 1 aromatic carbocycles. The molecule has 0 aliphatic carbocycles. The lowest BCUT2D eigenvalue weighted by Gasteiger charge is -2.06. The number of benzene rings is 1. The zero-order valence-electron chi connectivity index (χ0n) is 8.21. The number of hydrogen-bond donors (Lipinski definition) is 2. The van der Waals surface area contributed by atoms with Gasteiger partial charge in [-0.05, 0) is 36.9 Å². The number of rotatable bonds is 4. The van der Waals surface area contributed by atoms with Crippen LogP contribution in [0.1, 0.15) is 5.56 Å². The average Bonchev–Trinajstić information content (AvgIpc) is 2.14. The Kier molecular flexibility index (Phi) is 4.70. The summed E-state index contributed by atoms with van der Waals surface area (Å²) >= 11 is 2.31. The van der Waals surface area contributed by atoms with Crippen LogP contribution in [0.3, 0.4) is 0 Å². The van der Waals surface area contributed by atoms with Crippen molar-refractivity contribution in [2.24, 2.45) is 0 Å². The maximum absolute atomic E-state index is 10.5. The van der Waals surface area contributed by atoms with Crippen LogP contribution < -0.4 is 0 Å². The number of thioether (sulfide) groups is 1. The van der Waals surface area contributed by atoms with Crippen LogP contribution in [0.4, 0.5) is 0 Å². The fourth-order valence-electron chi connectivity index (χ4n) is 0.994. The van der Waals surface area contributed by atoms with Crippen molar-refractivity contribution in [1.82, 2.24) is 0 Å². The van der Waals surface area contributed by atoms with Crippen LogP contribution in [-0.2, 0) is 8.54 Å². The van der Waals surface area contributed by atoms with Gasteiger partial charge in [-0.3, -0.25) is 0 Å². The summed E-state index contributed by atoms with van der Waals surface area (Å²) in [4.78, 5) is 18.8. The monoisotopic (exact) mass is 266 g/mol. The Labute approximate surface area is 96.9 Å². The molecule has 1 aromatic rings. The van der Waals surface area contributed by atoms with Gasteiger partial charge in [0.05, 0.1) is 0 Å². The minimum atomic E-state index is -4.41. The van der Waals surface area contributed by atoms with Crippen molar-refractivity contribution in [3.63, 3.8) is 0 Å². The molecule has 0 atom stereocenters. The van der Waals surface area contributed by atoms with E-state index in [2.05, 4.69) is 3.97 Å². The van der Waals surface area contributed by atoms with Crippen molar-refractivity contribution in [3.8, 4) is 0 Å². The van der Waals surface area contributed by atoms with Gasteiger partial charge in [0.25, 0.3) is 0 Å². The zero-order valence-corrected chi connectivity index (χ0v) is 10.7. The highest BCUT2D eigenvalue weighted by Crippen LogP contribution is 2.43. The molecule has 0 aliphatic heterocycles. The van der Waals surface area contributed by atoms with Gasteiger partial charge in [0.2, 0.25) is 0 Å². The second-order valence-electron chi connectivity index (χ2n) is 2.78. The lowest BCUT2D eigenvalue weighted by molar-refractivity contribution is 0.298. The molecule has 0 amide bonds. The summed E-state index contributed by atoms with van der Waals surface area (Å²) in [6.07, 6.45) is 1.97. The number of aryl methyl sites for hydroxylation is 1. The summed E-state index contributed by atoms with van der Waals surface area (Å²) in [6, 6.07) is 5.48. The van der Waals surface area contributed by atoms with Crippen LogP contribution >= 0.6 is 31.6 Å². The van der Waals surface area contributed by atoms with E-state index >= 15 is 0 Å². The van der Waals surface area contributed by atoms with Gasteiger partial charge in [0.1, 0.15) is 0 Å². The molecule has 2 N–H and O–H groups in total. The molecule has 0 bridgehead atoms. The summed E-state index contributed by atoms with van der Waals surface area (Å²) in [6.45, 7) is 1.94. The normalized spacial score (nSPS) is 11.7. The first kappa shape index (κ1) is 13.1. The van der Waals surface area contributed by atoms with Gasteiger partial charge in [-0.15, -0.1) is 11.8 Å². The predicted molar refractivity (Wildman–Crippen MR) is 61.9 cm³/mol. The molecule has 1 rings (SSSR count). The molecule has 0 saturated heterocycles. The van der Waals surface area contributed by atoms with E-state index in [1.54, 1.807) is 17.8 Å². The molecule has 0 spiro atoms. The van der Waals surface area contributed by atoms with Gasteiger partial charge in [0.15, 0.2) is 0 Å². The second-order valence-corrected chi connectivity index (χ2v) is 5.84. The molecule has 15 heavy (non-hydrogen) atoms. The van der Waals surface area contributed by atoms with Crippen molar-refractivity contribution in [3.05, 3.63) is 23.8 Å². The zero-order chi connectivity index (χ0) is 11.5. The van der Waals surface area contributed by atoms with Crippen molar-refractivity contribution in [2.45, 2.75) is 16.7 Å². The molecule has 7 heteroatoms.